The third kappa shape index (κ3) is 8.03. The van der Waals surface area contributed by atoms with E-state index in [2.05, 4.69) is 26.2 Å². The van der Waals surface area contributed by atoms with Crippen molar-refractivity contribution in [3.63, 3.8) is 0 Å². The van der Waals surface area contributed by atoms with Crippen LogP contribution in [0.25, 0.3) is 0 Å². The predicted octanol–water partition coefficient (Wildman–Crippen LogP) is 5.32. The molecule has 3 heterocycles. The number of ether oxygens (including phenoxy) is 4. The normalized spacial score (nSPS) is 23.8. The van der Waals surface area contributed by atoms with Crippen molar-refractivity contribution in [3.8, 4) is 11.5 Å². The molecule has 2 aliphatic rings. The largest absolute Gasteiger partial charge is 0.492 e. The molecule has 2 aliphatic heterocycles. The molecule has 14 heteroatoms. The number of aromatic nitrogens is 1. The summed E-state index contributed by atoms with van der Waals surface area (Å²) in [4.78, 5) is 17.6. The summed E-state index contributed by atoms with van der Waals surface area (Å²) in [6.45, 7) is 2.92. The highest BCUT2D eigenvalue weighted by atomic mass is 79.9. The first-order valence-electron chi connectivity index (χ1n) is 15.0. The average molecular weight is 744 g/mol. The SMILES string of the molecule is CC1(C)O[C@@H]2[C@@H](O1)[C@@H](COc1ccccc1)N(Cc1ccc(Br)cc1)S(=O)(=O)N(CC(=O)Nc1nccs1)[C@@H]2COc1ccccc1. The summed E-state index contributed by atoms with van der Waals surface area (Å²) in [7, 11) is -4.41. The van der Waals surface area contributed by atoms with Crippen molar-refractivity contribution in [2.45, 2.75) is 50.5 Å². The van der Waals surface area contributed by atoms with E-state index in [1.807, 2.05) is 72.8 Å². The van der Waals surface area contributed by atoms with Crippen LogP contribution in [0.2, 0.25) is 0 Å². The Kier molecular flexibility index (Phi) is 10.3. The molecule has 11 nitrogen and oxygen atoms in total. The molecule has 47 heavy (non-hydrogen) atoms. The molecule has 1 N–H and O–H groups in total. The molecule has 3 aromatic carbocycles. The van der Waals surface area contributed by atoms with Gasteiger partial charge in [-0.25, -0.2) is 4.98 Å². The van der Waals surface area contributed by atoms with Gasteiger partial charge in [0.15, 0.2) is 10.9 Å². The van der Waals surface area contributed by atoms with Crippen LogP contribution in [0.5, 0.6) is 11.5 Å². The van der Waals surface area contributed by atoms with E-state index < -0.39 is 52.7 Å². The molecule has 248 valence electrons. The Morgan fingerprint density at radius 3 is 1.98 bits per heavy atom. The van der Waals surface area contributed by atoms with Gasteiger partial charge in [-0.3, -0.25) is 4.79 Å². The van der Waals surface area contributed by atoms with Crippen molar-refractivity contribution < 1.29 is 32.2 Å². The van der Waals surface area contributed by atoms with Gasteiger partial charge in [-0.2, -0.15) is 17.0 Å². The van der Waals surface area contributed by atoms with Crippen molar-refractivity contribution >= 4 is 48.5 Å². The van der Waals surface area contributed by atoms with Crippen molar-refractivity contribution in [1.82, 2.24) is 13.6 Å². The maximum absolute atomic E-state index is 15.0. The Morgan fingerprint density at radius 1 is 0.894 bits per heavy atom. The number of fused-ring (bicyclic) bond motifs is 1. The van der Waals surface area contributed by atoms with Gasteiger partial charge in [0.05, 0.1) is 18.6 Å². The number of halogens is 1. The lowest BCUT2D eigenvalue weighted by Gasteiger charge is -2.35. The molecule has 0 radical (unpaired) electrons. The summed E-state index contributed by atoms with van der Waals surface area (Å²) in [5.41, 5.74) is 0.738. The van der Waals surface area contributed by atoms with E-state index in [0.29, 0.717) is 16.6 Å². The summed E-state index contributed by atoms with van der Waals surface area (Å²) in [5.74, 6) is -0.488. The number of rotatable bonds is 11. The predicted molar refractivity (Wildman–Crippen MR) is 181 cm³/mol. The number of nitrogens with zero attached hydrogens (tertiary/aromatic N) is 3. The van der Waals surface area contributed by atoms with Crippen LogP contribution in [-0.4, -0.2) is 77.8 Å². The van der Waals surface area contributed by atoms with Crippen LogP contribution in [0.4, 0.5) is 5.13 Å². The van der Waals surface area contributed by atoms with Crippen LogP contribution >= 0.6 is 27.3 Å². The molecule has 0 aliphatic carbocycles. The van der Waals surface area contributed by atoms with Gasteiger partial charge in [-0.1, -0.05) is 64.5 Å². The van der Waals surface area contributed by atoms with Crippen molar-refractivity contribution in [1.29, 1.82) is 0 Å². The van der Waals surface area contributed by atoms with E-state index in [1.165, 1.54) is 19.9 Å². The molecule has 1 aromatic heterocycles. The van der Waals surface area contributed by atoms with Crippen LogP contribution < -0.4 is 14.8 Å². The van der Waals surface area contributed by atoms with Gasteiger partial charge in [0.2, 0.25) is 5.91 Å². The summed E-state index contributed by atoms with van der Waals surface area (Å²) >= 11 is 4.70. The summed E-state index contributed by atoms with van der Waals surface area (Å²) < 4.78 is 58.8. The van der Waals surface area contributed by atoms with Crippen LogP contribution in [0.15, 0.2) is 101 Å². The Morgan fingerprint density at radius 2 is 1.45 bits per heavy atom. The number of nitrogens with one attached hydrogen (secondary N) is 1. The van der Waals surface area contributed by atoms with Crippen molar-refractivity contribution in [3.05, 3.63) is 107 Å². The number of hydrogen-bond donors (Lipinski definition) is 1. The lowest BCUT2D eigenvalue weighted by Crippen LogP contribution is -2.55. The van der Waals surface area contributed by atoms with E-state index in [-0.39, 0.29) is 19.8 Å². The Bertz CT molecular complexity index is 1730. The van der Waals surface area contributed by atoms with Crippen LogP contribution in [0, 0.1) is 0 Å². The molecule has 4 atom stereocenters. The molecule has 2 fully saturated rings. The number of benzene rings is 3. The van der Waals surface area contributed by atoms with Crippen molar-refractivity contribution in [2.75, 3.05) is 25.1 Å². The van der Waals surface area contributed by atoms with Gasteiger partial charge in [0, 0.05) is 22.6 Å². The van der Waals surface area contributed by atoms with Gasteiger partial charge >= 0.3 is 0 Å². The van der Waals surface area contributed by atoms with E-state index in [0.717, 1.165) is 10.0 Å². The second-order valence-electron chi connectivity index (χ2n) is 11.6. The number of anilines is 1. The van der Waals surface area contributed by atoms with Crippen LogP contribution in [-0.2, 0) is 31.0 Å². The van der Waals surface area contributed by atoms with Gasteiger partial charge in [-0.15, -0.1) is 11.3 Å². The van der Waals surface area contributed by atoms with Gasteiger partial charge < -0.3 is 24.3 Å². The molecule has 1 amide bonds. The molecule has 0 spiro atoms. The van der Waals surface area contributed by atoms with E-state index in [4.69, 9.17) is 18.9 Å². The zero-order valence-electron chi connectivity index (χ0n) is 25.8. The highest BCUT2D eigenvalue weighted by Gasteiger charge is 2.58. The summed E-state index contributed by atoms with van der Waals surface area (Å²) in [6, 6.07) is 23.9. The monoisotopic (exact) mass is 742 g/mol. The van der Waals surface area contributed by atoms with E-state index >= 15 is 8.42 Å². The highest BCUT2D eigenvalue weighted by molar-refractivity contribution is 9.10. The Hall–Kier alpha value is -3.37. The number of para-hydroxylation sites is 2. The molecule has 0 saturated carbocycles. The molecule has 0 unspecified atom stereocenters. The number of hydrogen-bond acceptors (Lipinski definition) is 9. The van der Waals surface area contributed by atoms with Crippen LogP contribution in [0.1, 0.15) is 19.4 Å². The second kappa shape index (κ2) is 14.4. The minimum absolute atomic E-state index is 0.0116. The topological polar surface area (TPSA) is 120 Å². The molecular weight excluding hydrogens is 708 g/mol. The molecule has 2 saturated heterocycles. The van der Waals surface area contributed by atoms with Gasteiger partial charge in [0.1, 0.15) is 36.9 Å². The van der Waals surface area contributed by atoms with Gasteiger partial charge in [0.25, 0.3) is 10.2 Å². The molecule has 4 aromatic rings. The number of carbonyl (C=O) groups is 1. The fourth-order valence-electron chi connectivity index (χ4n) is 5.72. The fraction of sp³-hybridized carbons (Fsp3) is 0.333. The number of amides is 1. The molecular formula is C33H35BrN4O7S2. The number of carbonyl (C=O) groups excluding carboxylic acids is 1. The molecule has 0 bridgehead atoms. The highest BCUT2D eigenvalue weighted by Crippen LogP contribution is 2.40. The smallest absolute Gasteiger partial charge is 0.283 e. The minimum Gasteiger partial charge on any atom is -0.492 e. The first-order chi connectivity index (χ1) is 22.6. The first-order valence-corrected chi connectivity index (χ1v) is 18.1. The number of thiazole rings is 1. The van der Waals surface area contributed by atoms with E-state index in [9.17, 15) is 4.79 Å². The maximum atomic E-state index is 15.0. The molecule has 6 rings (SSSR count). The Balaban J connectivity index is 1.44. The zero-order chi connectivity index (χ0) is 33.0. The lowest BCUT2D eigenvalue weighted by molar-refractivity contribution is -0.156. The first kappa shape index (κ1) is 33.5. The average Bonchev–Trinajstić information content (AvgIpc) is 3.67. The third-order valence-corrected chi connectivity index (χ3v) is 11.0. The lowest BCUT2D eigenvalue weighted by atomic mass is 9.99. The van der Waals surface area contributed by atoms with Crippen molar-refractivity contribution in [2.24, 2.45) is 0 Å². The quantitative estimate of drug-likeness (QED) is 0.219. The fourth-order valence-corrected chi connectivity index (χ4v) is 8.44. The van der Waals surface area contributed by atoms with Crippen LogP contribution in [0.3, 0.4) is 0 Å². The summed E-state index contributed by atoms with van der Waals surface area (Å²) in [5, 5.41) is 4.81. The van der Waals surface area contributed by atoms with E-state index in [1.54, 1.807) is 37.6 Å². The third-order valence-electron chi connectivity index (χ3n) is 7.81. The second-order valence-corrected chi connectivity index (χ2v) is 15.2. The Labute approximate surface area is 286 Å². The zero-order valence-corrected chi connectivity index (χ0v) is 29.0. The minimum atomic E-state index is -4.41. The summed E-state index contributed by atoms with van der Waals surface area (Å²) in [6.07, 6.45) is -0.0431. The standard InChI is InChI=1S/C33H35BrN4O7S2/c1-33(2)44-30-27(21-42-25-9-5-3-6-10-25)37(19-23-13-15-24(34)16-14-23)47(40,41)38(20-29(39)36-32-35-17-18-46-32)28(31(30)45-33)22-43-26-11-7-4-8-12-26/h3-18,27-28,30-31H,19-22H2,1-2H3,(H,35,36,39)/t27-,28-,30+,31+/m1/s1. The van der Waals surface area contributed by atoms with Gasteiger partial charge in [-0.05, 0) is 55.8 Å². The maximum Gasteiger partial charge on any atom is 0.283 e.